The van der Waals surface area contributed by atoms with Gasteiger partial charge >= 0.3 is 0 Å². The highest BCUT2D eigenvalue weighted by Gasteiger charge is 2.22. The Morgan fingerprint density at radius 1 is 1.34 bits per heavy atom. The third-order valence-electron chi connectivity index (χ3n) is 6.05. The van der Waals surface area contributed by atoms with Crippen LogP contribution in [0.3, 0.4) is 0 Å². The zero-order chi connectivity index (χ0) is 22.5. The Kier molecular flexibility index (Phi) is 7.37. The molecule has 0 radical (unpaired) electrons. The summed E-state index contributed by atoms with van der Waals surface area (Å²) < 4.78 is 7.89. The van der Waals surface area contributed by atoms with Crippen LogP contribution in [0.1, 0.15) is 61.3 Å². The molecular weight excluding hydrogens is 420 g/mol. The molecule has 1 aliphatic rings. The summed E-state index contributed by atoms with van der Waals surface area (Å²) >= 11 is 1.63. The average Bonchev–Trinajstić information content (AvgIpc) is 3.57. The fourth-order valence-electron chi connectivity index (χ4n) is 4.13. The zero-order valence-electron chi connectivity index (χ0n) is 19.2. The summed E-state index contributed by atoms with van der Waals surface area (Å²) in [6, 6.07) is 6.11. The number of aryl methyl sites for hydroxylation is 1. The Bertz CT molecular complexity index is 1070. The van der Waals surface area contributed by atoms with E-state index in [-0.39, 0.29) is 12.0 Å². The second-order valence-corrected chi connectivity index (χ2v) is 9.16. The molecule has 3 aromatic rings. The minimum absolute atomic E-state index is 0.0355. The molecule has 1 amide bonds. The molecule has 1 aliphatic heterocycles. The normalized spacial score (nSPS) is 15.9. The number of carbonyl (C=O) groups excluding carboxylic acids is 1. The maximum atomic E-state index is 13.0. The highest BCUT2D eigenvalue weighted by Crippen LogP contribution is 2.32. The summed E-state index contributed by atoms with van der Waals surface area (Å²) in [5.74, 6) is -0.0355. The van der Waals surface area contributed by atoms with Gasteiger partial charge in [0.2, 0.25) is 0 Å². The summed E-state index contributed by atoms with van der Waals surface area (Å²) in [6.45, 7) is 8.55. The fourth-order valence-corrected chi connectivity index (χ4v) is 4.94. The van der Waals surface area contributed by atoms with Gasteiger partial charge in [0.15, 0.2) is 0 Å². The van der Waals surface area contributed by atoms with Crippen LogP contribution in [0.2, 0.25) is 0 Å². The van der Waals surface area contributed by atoms with E-state index in [1.807, 2.05) is 25.3 Å². The highest BCUT2D eigenvalue weighted by molar-refractivity contribution is 7.13. The first-order chi connectivity index (χ1) is 15.6. The van der Waals surface area contributed by atoms with Crippen LogP contribution in [0.15, 0.2) is 29.8 Å². The Morgan fingerprint density at radius 3 is 2.97 bits per heavy atom. The molecule has 7 heteroatoms. The minimum Gasteiger partial charge on any atom is -0.376 e. The number of ether oxygens (including phenoxy) is 1. The molecule has 4 heterocycles. The number of carbonyl (C=O) groups is 1. The van der Waals surface area contributed by atoms with Gasteiger partial charge in [-0.3, -0.25) is 9.78 Å². The molecule has 1 N–H and O–H groups in total. The predicted molar refractivity (Wildman–Crippen MR) is 129 cm³/mol. The summed E-state index contributed by atoms with van der Waals surface area (Å²) in [6.07, 6.45) is 7.11. The first kappa shape index (κ1) is 22.7. The first-order valence-electron chi connectivity index (χ1n) is 11.6. The van der Waals surface area contributed by atoms with E-state index in [1.54, 1.807) is 11.3 Å². The summed E-state index contributed by atoms with van der Waals surface area (Å²) in [5.41, 5.74) is 5.78. The van der Waals surface area contributed by atoms with Gasteiger partial charge in [-0.1, -0.05) is 20.3 Å². The molecule has 0 aliphatic carbocycles. The fraction of sp³-hybridized carbons (Fsp3) is 0.480. The van der Waals surface area contributed by atoms with Crippen molar-refractivity contribution in [2.24, 2.45) is 0 Å². The molecule has 1 saturated heterocycles. The van der Waals surface area contributed by atoms with E-state index in [1.165, 1.54) is 0 Å². The number of nitrogens with one attached hydrogen (secondary N) is 1. The van der Waals surface area contributed by atoms with Crippen LogP contribution in [-0.4, -0.2) is 39.7 Å². The maximum Gasteiger partial charge on any atom is 0.253 e. The second-order valence-electron chi connectivity index (χ2n) is 8.31. The van der Waals surface area contributed by atoms with Gasteiger partial charge in [-0.25, -0.2) is 4.98 Å². The monoisotopic (exact) mass is 452 g/mol. The number of hydrogen-bond acceptors (Lipinski definition) is 5. The number of aromatic nitrogens is 3. The van der Waals surface area contributed by atoms with Gasteiger partial charge in [0.05, 0.1) is 23.1 Å². The predicted octanol–water partition coefficient (Wildman–Crippen LogP) is 5.25. The van der Waals surface area contributed by atoms with Crippen LogP contribution in [0.25, 0.3) is 22.0 Å². The molecule has 170 valence electrons. The van der Waals surface area contributed by atoms with Crippen LogP contribution >= 0.6 is 11.3 Å². The largest absolute Gasteiger partial charge is 0.376 e. The number of hydrogen-bond donors (Lipinski definition) is 1. The van der Waals surface area contributed by atoms with E-state index < -0.39 is 0 Å². The van der Waals surface area contributed by atoms with Gasteiger partial charge in [-0.2, -0.15) is 0 Å². The average molecular weight is 453 g/mol. The molecular formula is C25H32N4O2S. The van der Waals surface area contributed by atoms with E-state index >= 15 is 0 Å². The lowest BCUT2D eigenvalue weighted by molar-refractivity contribution is 0.0857. The van der Waals surface area contributed by atoms with Gasteiger partial charge in [0.1, 0.15) is 5.01 Å². The van der Waals surface area contributed by atoms with Crippen LogP contribution in [0.4, 0.5) is 0 Å². The highest BCUT2D eigenvalue weighted by atomic mass is 32.1. The number of rotatable bonds is 9. The number of amides is 1. The van der Waals surface area contributed by atoms with E-state index in [0.717, 1.165) is 84.2 Å². The van der Waals surface area contributed by atoms with E-state index in [4.69, 9.17) is 9.72 Å². The van der Waals surface area contributed by atoms with Crippen molar-refractivity contribution >= 4 is 17.2 Å². The van der Waals surface area contributed by atoms with Gasteiger partial charge < -0.3 is 14.6 Å². The summed E-state index contributed by atoms with van der Waals surface area (Å²) in [5, 5.41) is 6.14. The van der Waals surface area contributed by atoms with Gasteiger partial charge in [0, 0.05) is 48.2 Å². The first-order valence-corrected chi connectivity index (χ1v) is 12.5. The summed E-state index contributed by atoms with van der Waals surface area (Å²) in [7, 11) is 0. The standard InChI is InChI=1S/C25H32N4O2S/c1-4-6-11-29-17(3)21(24(30)27-15-20-8-7-12-31-20)14-23(29)22-16-32-25(28-22)18-9-10-26-19(5-2)13-18/h9-10,13-14,16,20H,4-8,11-12,15H2,1-3H3,(H,27,30). The molecule has 1 unspecified atom stereocenters. The minimum atomic E-state index is -0.0355. The van der Waals surface area contributed by atoms with Gasteiger partial charge in [-0.15, -0.1) is 11.3 Å². The van der Waals surface area contributed by atoms with Gasteiger partial charge in [-0.05, 0) is 50.8 Å². The Morgan fingerprint density at radius 2 is 2.22 bits per heavy atom. The lowest BCUT2D eigenvalue weighted by Crippen LogP contribution is -2.32. The van der Waals surface area contributed by atoms with Crippen LogP contribution < -0.4 is 5.32 Å². The molecule has 6 nitrogen and oxygen atoms in total. The topological polar surface area (TPSA) is 69.0 Å². The SMILES string of the molecule is CCCCn1c(-c2csc(-c3ccnc(CC)c3)n2)cc(C(=O)NCC2CCCO2)c1C. The van der Waals surface area contributed by atoms with Gasteiger partial charge in [0.25, 0.3) is 5.91 Å². The summed E-state index contributed by atoms with van der Waals surface area (Å²) in [4.78, 5) is 22.3. The van der Waals surface area contributed by atoms with Crippen LogP contribution in [0.5, 0.6) is 0 Å². The lowest BCUT2D eigenvalue weighted by Gasteiger charge is -2.12. The molecule has 0 saturated carbocycles. The zero-order valence-corrected chi connectivity index (χ0v) is 20.0. The van der Waals surface area contributed by atoms with Crippen LogP contribution in [0, 0.1) is 6.92 Å². The van der Waals surface area contributed by atoms with Crippen molar-refractivity contribution in [3.05, 3.63) is 46.7 Å². The van der Waals surface area contributed by atoms with Crippen molar-refractivity contribution < 1.29 is 9.53 Å². The molecule has 0 spiro atoms. The molecule has 1 atom stereocenters. The Hall–Kier alpha value is -2.51. The van der Waals surface area contributed by atoms with Crippen molar-refractivity contribution in [1.82, 2.24) is 19.9 Å². The molecule has 0 bridgehead atoms. The quantitative estimate of drug-likeness (QED) is 0.481. The number of thiazole rings is 1. The Labute approximate surface area is 194 Å². The van der Waals surface area contributed by atoms with Crippen molar-refractivity contribution in [3.8, 4) is 22.0 Å². The van der Waals surface area contributed by atoms with Crippen molar-refractivity contribution in [2.45, 2.75) is 65.5 Å². The van der Waals surface area contributed by atoms with E-state index in [0.29, 0.717) is 6.54 Å². The molecule has 1 fully saturated rings. The Balaban J connectivity index is 1.61. The third kappa shape index (κ3) is 4.94. The van der Waals surface area contributed by atoms with Crippen LogP contribution in [-0.2, 0) is 17.7 Å². The smallest absolute Gasteiger partial charge is 0.253 e. The second kappa shape index (κ2) is 10.4. The van der Waals surface area contributed by atoms with E-state index in [9.17, 15) is 4.79 Å². The number of unbranched alkanes of at least 4 members (excludes halogenated alkanes) is 1. The number of pyridine rings is 1. The lowest BCUT2D eigenvalue weighted by atomic mass is 10.2. The third-order valence-corrected chi connectivity index (χ3v) is 6.94. The maximum absolute atomic E-state index is 13.0. The van der Waals surface area contributed by atoms with Crippen molar-refractivity contribution in [3.63, 3.8) is 0 Å². The number of nitrogens with zero attached hydrogens (tertiary/aromatic N) is 3. The molecule has 0 aromatic carbocycles. The molecule has 4 rings (SSSR count). The molecule has 32 heavy (non-hydrogen) atoms. The van der Waals surface area contributed by atoms with Crippen molar-refractivity contribution in [2.75, 3.05) is 13.2 Å². The molecule has 3 aromatic heterocycles. The van der Waals surface area contributed by atoms with E-state index in [2.05, 4.69) is 40.2 Å². The van der Waals surface area contributed by atoms with Crippen molar-refractivity contribution in [1.29, 1.82) is 0 Å².